The number of anilines is 1. The van der Waals surface area contributed by atoms with E-state index >= 15 is 0 Å². The van der Waals surface area contributed by atoms with Gasteiger partial charge in [-0.15, -0.1) is 6.42 Å². The van der Waals surface area contributed by atoms with Crippen LogP contribution in [0.5, 0.6) is 0 Å². The monoisotopic (exact) mass is 604 g/mol. The molecule has 0 saturated carbocycles. The Balaban J connectivity index is 1.56. The quantitative estimate of drug-likeness (QED) is 0.374. The number of para-hydroxylation sites is 1. The highest BCUT2D eigenvalue weighted by atomic mass is 16.6. The van der Waals surface area contributed by atoms with Crippen molar-refractivity contribution in [1.29, 1.82) is 0 Å². The highest BCUT2D eigenvalue weighted by molar-refractivity contribution is 5.90. The predicted octanol–water partition coefficient (Wildman–Crippen LogP) is 3.79. The molecule has 0 bridgehead atoms. The summed E-state index contributed by atoms with van der Waals surface area (Å²) in [6, 6.07) is 15.9. The summed E-state index contributed by atoms with van der Waals surface area (Å²) in [5.74, 6) is 1.38. The lowest BCUT2D eigenvalue weighted by Crippen LogP contribution is -2.58. The van der Waals surface area contributed by atoms with E-state index in [-0.39, 0.29) is 38.1 Å². The molecular weight excluding hydrogens is 564 g/mol. The van der Waals surface area contributed by atoms with Gasteiger partial charge in [-0.05, 0) is 37.5 Å². The first-order chi connectivity index (χ1) is 21.2. The van der Waals surface area contributed by atoms with Gasteiger partial charge in [0.05, 0.1) is 24.7 Å². The number of nitrogens with zero attached hydrogens (tertiary/aromatic N) is 2. The van der Waals surface area contributed by atoms with E-state index in [2.05, 4.69) is 16.6 Å². The number of rotatable bonds is 11. The van der Waals surface area contributed by atoms with E-state index in [1.807, 2.05) is 43.3 Å². The van der Waals surface area contributed by atoms with Crippen LogP contribution in [0.2, 0.25) is 0 Å². The number of ether oxygens (including phenoxy) is 3. The van der Waals surface area contributed by atoms with Crippen molar-refractivity contribution in [2.75, 3.05) is 25.0 Å². The number of likely N-dealkylation sites (tertiary alicyclic amines) is 2. The Morgan fingerprint density at radius 2 is 1.70 bits per heavy atom. The van der Waals surface area contributed by atoms with Gasteiger partial charge >= 0.3 is 12.2 Å². The number of benzene rings is 2. The molecule has 0 aliphatic carbocycles. The first kappa shape index (κ1) is 32.4. The Morgan fingerprint density at radius 1 is 1.02 bits per heavy atom. The van der Waals surface area contributed by atoms with E-state index in [1.54, 1.807) is 43.0 Å². The lowest BCUT2D eigenvalue weighted by molar-refractivity contribution is -0.143. The third kappa shape index (κ3) is 7.88. The highest BCUT2D eigenvalue weighted by Gasteiger charge is 2.55. The molecule has 2 N–H and O–H groups in total. The van der Waals surface area contributed by atoms with Gasteiger partial charge in [-0.3, -0.25) is 19.8 Å². The fourth-order valence-electron chi connectivity index (χ4n) is 5.52. The van der Waals surface area contributed by atoms with E-state index in [9.17, 15) is 19.2 Å². The van der Waals surface area contributed by atoms with Crippen LogP contribution in [-0.2, 0) is 30.4 Å². The summed E-state index contributed by atoms with van der Waals surface area (Å²) in [5.41, 5.74) is 1.37. The molecule has 0 radical (unpaired) electrons. The second kappa shape index (κ2) is 15.3. The van der Waals surface area contributed by atoms with Crippen LogP contribution in [0.3, 0.4) is 0 Å². The Bertz CT molecular complexity index is 1330. The Kier molecular flexibility index (Phi) is 11.2. The van der Waals surface area contributed by atoms with Crippen LogP contribution in [0.4, 0.5) is 15.3 Å². The van der Waals surface area contributed by atoms with Crippen molar-refractivity contribution >= 4 is 29.7 Å². The standard InChI is InChI=1S/C33H40N4O7/c1-5-19-42-23(4)28(35-30(38)22(3)6-2)31(39)36-18-17-26-29(36)27(44-32(40)34-25-15-11-8-12-16-25)20-37(26)33(41)43-21-24-13-9-7-10-14-24/h1,7-16,22-23,26-29H,6,17-21H2,2-4H3,(H,34,40)(H,35,38)/t22-,23-,26-,27+,28+,29+/m1/s1. The minimum Gasteiger partial charge on any atom is -0.445 e. The fourth-order valence-corrected chi connectivity index (χ4v) is 5.52. The fraction of sp³-hybridized carbons (Fsp3) is 0.455. The lowest BCUT2D eigenvalue weighted by Gasteiger charge is -2.33. The van der Waals surface area contributed by atoms with Crippen molar-refractivity contribution in [3.8, 4) is 12.3 Å². The van der Waals surface area contributed by atoms with Gasteiger partial charge < -0.3 is 24.4 Å². The highest BCUT2D eigenvalue weighted by Crippen LogP contribution is 2.35. The van der Waals surface area contributed by atoms with E-state index < -0.39 is 48.4 Å². The van der Waals surface area contributed by atoms with E-state index in [1.165, 1.54) is 4.90 Å². The molecule has 2 aliphatic heterocycles. The van der Waals surface area contributed by atoms with Crippen LogP contribution in [0.1, 0.15) is 39.2 Å². The summed E-state index contributed by atoms with van der Waals surface area (Å²) >= 11 is 0. The molecule has 234 valence electrons. The molecule has 44 heavy (non-hydrogen) atoms. The number of terminal acetylenes is 1. The molecule has 11 nitrogen and oxygen atoms in total. The molecule has 4 amide bonds. The lowest BCUT2D eigenvalue weighted by atomic mass is 10.0. The van der Waals surface area contributed by atoms with Gasteiger partial charge in [0, 0.05) is 18.2 Å². The van der Waals surface area contributed by atoms with Crippen LogP contribution in [0.15, 0.2) is 60.7 Å². The van der Waals surface area contributed by atoms with Crippen LogP contribution in [0.25, 0.3) is 0 Å². The molecule has 2 heterocycles. The van der Waals surface area contributed by atoms with Crippen molar-refractivity contribution < 1.29 is 33.4 Å². The predicted molar refractivity (Wildman–Crippen MR) is 163 cm³/mol. The summed E-state index contributed by atoms with van der Waals surface area (Å²) in [6.07, 6.45) is 3.53. The smallest absolute Gasteiger partial charge is 0.412 e. The van der Waals surface area contributed by atoms with E-state index in [0.29, 0.717) is 18.5 Å². The number of carbonyl (C=O) groups is 4. The minimum atomic E-state index is -1.04. The van der Waals surface area contributed by atoms with Gasteiger partial charge in [-0.25, -0.2) is 9.59 Å². The minimum absolute atomic E-state index is 0.0297. The number of hydrogen-bond acceptors (Lipinski definition) is 7. The van der Waals surface area contributed by atoms with Crippen molar-refractivity contribution in [1.82, 2.24) is 15.1 Å². The summed E-state index contributed by atoms with van der Waals surface area (Å²) in [6.45, 7) is 5.67. The van der Waals surface area contributed by atoms with Crippen LogP contribution < -0.4 is 10.6 Å². The zero-order valence-corrected chi connectivity index (χ0v) is 25.3. The zero-order valence-electron chi connectivity index (χ0n) is 25.3. The van der Waals surface area contributed by atoms with Crippen LogP contribution in [0, 0.1) is 18.3 Å². The molecule has 2 aromatic carbocycles. The van der Waals surface area contributed by atoms with E-state index in [4.69, 9.17) is 20.6 Å². The third-order valence-corrected chi connectivity index (χ3v) is 8.10. The average molecular weight is 605 g/mol. The molecule has 2 saturated heterocycles. The molecule has 2 aromatic rings. The first-order valence-corrected chi connectivity index (χ1v) is 14.9. The summed E-state index contributed by atoms with van der Waals surface area (Å²) in [4.78, 5) is 56.4. The molecule has 4 rings (SSSR count). The molecule has 0 aromatic heterocycles. The first-order valence-electron chi connectivity index (χ1n) is 14.9. The molecule has 0 unspecified atom stereocenters. The number of fused-ring (bicyclic) bond motifs is 1. The summed E-state index contributed by atoms with van der Waals surface area (Å²) in [5, 5.41) is 5.54. The Hall–Kier alpha value is -4.56. The maximum Gasteiger partial charge on any atom is 0.412 e. The SMILES string of the molecule is C#CCO[C@H](C)[C@H](NC(=O)[C@H](C)CC)C(=O)N1CC[C@@H]2[C@H]1[C@@H](OC(=O)Nc1ccccc1)CN2C(=O)OCc1ccccc1. The molecule has 11 heteroatoms. The molecular formula is C33H40N4O7. The largest absolute Gasteiger partial charge is 0.445 e. The summed E-state index contributed by atoms with van der Waals surface area (Å²) < 4.78 is 17.1. The van der Waals surface area contributed by atoms with Crippen LogP contribution >= 0.6 is 0 Å². The van der Waals surface area contributed by atoms with Crippen molar-refractivity contribution in [3.05, 3.63) is 66.2 Å². The van der Waals surface area contributed by atoms with Crippen molar-refractivity contribution in [3.63, 3.8) is 0 Å². The Morgan fingerprint density at radius 3 is 2.36 bits per heavy atom. The normalized spacial score (nSPS) is 20.9. The number of amides is 4. The van der Waals surface area contributed by atoms with Gasteiger partial charge in [0.2, 0.25) is 11.8 Å². The molecule has 2 aliphatic rings. The summed E-state index contributed by atoms with van der Waals surface area (Å²) in [7, 11) is 0. The van der Waals surface area contributed by atoms with Gasteiger partial charge in [0.25, 0.3) is 0 Å². The van der Waals surface area contributed by atoms with Crippen LogP contribution in [-0.4, -0.2) is 83.8 Å². The topological polar surface area (TPSA) is 127 Å². The molecule has 0 spiro atoms. The maximum absolute atomic E-state index is 14.1. The molecule has 6 atom stereocenters. The van der Waals surface area contributed by atoms with Crippen molar-refractivity contribution in [2.45, 2.75) is 70.6 Å². The maximum atomic E-state index is 14.1. The van der Waals surface area contributed by atoms with Gasteiger partial charge in [0.15, 0.2) is 0 Å². The van der Waals surface area contributed by atoms with Gasteiger partial charge in [-0.1, -0.05) is 68.3 Å². The average Bonchev–Trinajstić information content (AvgIpc) is 3.62. The number of hydrogen-bond donors (Lipinski definition) is 2. The second-order valence-corrected chi connectivity index (χ2v) is 11.0. The third-order valence-electron chi connectivity index (χ3n) is 8.10. The number of carbonyl (C=O) groups excluding carboxylic acids is 4. The zero-order chi connectivity index (χ0) is 31.6. The number of nitrogens with one attached hydrogen (secondary N) is 2. The molecule has 2 fully saturated rings. The van der Waals surface area contributed by atoms with Gasteiger partial charge in [0.1, 0.15) is 25.4 Å². The Labute approximate surface area is 258 Å². The second-order valence-electron chi connectivity index (χ2n) is 11.0. The van der Waals surface area contributed by atoms with Gasteiger partial charge in [-0.2, -0.15) is 0 Å². The van der Waals surface area contributed by atoms with E-state index in [0.717, 1.165) is 5.56 Å². The van der Waals surface area contributed by atoms with Crippen molar-refractivity contribution in [2.24, 2.45) is 5.92 Å².